The molecule has 5 rings (SSSR count). The summed E-state index contributed by atoms with van der Waals surface area (Å²) in [6, 6.07) is 8.49. The van der Waals surface area contributed by atoms with E-state index in [1.54, 1.807) is 0 Å². The molecule has 0 bridgehead atoms. The first-order valence-corrected chi connectivity index (χ1v) is 14.3. The van der Waals surface area contributed by atoms with Crippen molar-refractivity contribution in [3.63, 3.8) is 0 Å². The van der Waals surface area contributed by atoms with Gasteiger partial charge in [0, 0.05) is 63.6 Å². The highest BCUT2D eigenvalue weighted by Gasteiger charge is 2.45. The zero-order chi connectivity index (χ0) is 32.4. The van der Waals surface area contributed by atoms with Gasteiger partial charge in [-0.3, -0.25) is 9.69 Å². The number of aliphatic carboxylic acids is 1. The molecule has 3 aliphatic heterocycles. The third kappa shape index (κ3) is 7.76. The average molecular weight is 670 g/mol. The molecule has 0 saturated carbocycles. The highest BCUT2D eigenvalue weighted by molar-refractivity contribution is 6.32. The molecule has 1 unspecified atom stereocenters. The molecular formula is C28H30Cl2F5N3O6. The van der Waals surface area contributed by atoms with E-state index in [1.165, 1.54) is 19.2 Å². The molecule has 2 aromatic rings. The number of benzene rings is 2. The van der Waals surface area contributed by atoms with Gasteiger partial charge in [0.05, 0.1) is 28.4 Å². The van der Waals surface area contributed by atoms with Crippen LogP contribution in [0.5, 0.6) is 11.5 Å². The standard InChI is InChI=1S/C26H29Cl2F2N3O4.C2HF3O2/c1-31-25(35)17-9-18(28)23(36-14-24(29)30)10-19(17)33-12-20(21(34)13-33)32-6-4-26(5-7-32)11-15-8-16(27)2-3-22(15)37-26;3-2(4,5)1(6)7/h2-3,8-10,20-21,24,34H,4-7,11-14H2,1H3,(H,31,35);(H,6,7)/t20?,21-;/m1./s1. The topological polar surface area (TPSA) is 112 Å². The van der Waals surface area contributed by atoms with Gasteiger partial charge < -0.3 is 29.9 Å². The normalized spacial score (nSPS) is 21.0. The molecule has 3 heterocycles. The van der Waals surface area contributed by atoms with E-state index in [0.717, 1.165) is 43.7 Å². The Morgan fingerprint density at radius 3 is 2.41 bits per heavy atom. The van der Waals surface area contributed by atoms with Crippen LogP contribution in [0.2, 0.25) is 10.0 Å². The molecule has 44 heavy (non-hydrogen) atoms. The summed E-state index contributed by atoms with van der Waals surface area (Å²) in [6.45, 7) is 1.45. The van der Waals surface area contributed by atoms with E-state index < -0.39 is 31.3 Å². The number of piperidine rings is 1. The maximum atomic E-state index is 12.7. The van der Waals surface area contributed by atoms with Crippen LogP contribution in [-0.2, 0) is 11.2 Å². The molecule has 0 aromatic heterocycles. The molecule has 2 saturated heterocycles. The second kappa shape index (κ2) is 13.5. The van der Waals surface area contributed by atoms with E-state index in [2.05, 4.69) is 10.2 Å². The smallest absolute Gasteiger partial charge is 0.487 e. The van der Waals surface area contributed by atoms with Gasteiger partial charge in [0.2, 0.25) is 0 Å². The molecule has 2 atom stereocenters. The van der Waals surface area contributed by atoms with Gasteiger partial charge in [0.25, 0.3) is 12.3 Å². The number of aliphatic hydroxyl groups excluding tert-OH is 1. The summed E-state index contributed by atoms with van der Waals surface area (Å²) in [7, 11) is 1.50. The Morgan fingerprint density at radius 1 is 1.16 bits per heavy atom. The van der Waals surface area contributed by atoms with Crippen molar-refractivity contribution in [2.45, 2.75) is 49.6 Å². The summed E-state index contributed by atoms with van der Waals surface area (Å²) in [4.78, 5) is 25.6. The van der Waals surface area contributed by atoms with E-state index in [0.29, 0.717) is 17.3 Å². The second-order valence-corrected chi connectivity index (χ2v) is 11.5. The number of carbonyl (C=O) groups is 2. The molecule has 3 N–H and O–H groups in total. The van der Waals surface area contributed by atoms with Crippen LogP contribution < -0.4 is 19.7 Å². The highest BCUT2D eigenvalue weighted by Crippen LogP contribution is 2.43. The van der Waals surface area contributed by atoms with Crippen LogP contribution in [0.1, 0.15) is 28.8 Å². The molecule has 1 spiro atoms. The van der Waals surface area contributed by atoms with Gasteiger partial charge in [-0.2, -0.15) is 13.2 Å². The summed E-state index contributed by atoms with van der Waals surface area (Å²) in [5.41, 5.74) is 1.64. The molecule has 3 aliphatic rings. The number of hydrogen-bond donors (Lipinski definition) is 3. The van der Waals surface area contributed by atoms with Crippen molar-refractivity contribution in [3.05, 3.63) is 51.5 Å². The first kappa shape index (κ1) is 33.8. The van der Waals surface area contributed by atoms with E-state index in [9.17, 15) is 31.9 Å². The number of nitrogens with zero attached hydrogens (tertiary/aromatic N) is 2. The van der Waals surface area contributed by atoms with Crippen LogP contribution in [0.3, 0.4) is 0 Å². The number of aliphatic hydroxyl groups is 1. The Hall–Kier alpha value is -3.07. The van der Waals surface area contributed by atoms with Crippen LogP contribution in [-0.4, -0.2) is 97.2 Å². The van der Waals surface area contributed by atoms with Crippen molar-refractivity contribution in [2.75, 3.05) is 44.7 Å². The summed E-state index contributed by atoms with van der Waals surface area (Å²) in [6.07, 6.45) is -5.95. The number of anilines is 1. The quantitative estimate of drug-likeness (QED) is 0.382. The van der Waals surface area contributed by atoms with Crippen LogP contribution >= 0.6 is 23.2 Å². The van der Waals surface area contributed by atoms with Crippen molar-refractivity contribution in [1.82, 2.24) is 10.2 Å². The fourth-order valence-electron chi connectivity index (χ4n) is 5.65. The van der Waals surface area contributed by atoms with E-state index >= 15 is 0 Å². The number of halogens is 7. The van der Waals surface area contributed by atoms with E-state index in [4.69, 9.17) is 42.6 Å². The molecule has 1 amide bonds. The fraction of sp³-hybridized carbons (Fsp3) is 0.500. The minimum atomic E-state index is -5.08. The molecular weight excluding hydrogens is 640 g/mol. The first-order chi connectivity index (χ1) is 20.6. The number of alkyl halides is 5. The minimum Gasteiger partial charge on any atom is -0.487 e. The van der Waals surface area contributed by atoms with Crippen molar-refractivity contribution < 1.29 is 51.2 Å². The Bertz CT molecular complexity index is 1370. The van der Waals surface area contributed by atoms with Gasteiger partial charge in [-0.1, -0.05) is 23.2 Å². The Labute approximate surface area is 259 Å². The largest absolute Gasteiger partial charge is 0.490 e. The lowest BCUT2D eigenvalue weighted by molar-refractivity contribution is -0.192. The lowest BCUT2D eigenvalue weighted by Gasteiger charge is -2.41. The molecule has 16 heteroatoms. The van der Waals surface area contributed by atoms with Gasteiger partial charge >= 0.3 is 12.1 Å². The number of amides is 1. The number of rotatable bonds is 6. The van der Waals surface area contributed by atoms with Crippen LogP contribution in [0.15, 0.2) is 30.3 Å². The number of ether oxygens (including phenoxy) is 2. The van der Waals surface area contributed by atoms with Crippen molar-refractivity contribution in [1.29, 1.82) is 0 Å². The molecule has 2 fully saturated rings. The van der Waals surface area contributed by atoms with Gasteiger partial charge in [-0.05, 0) is 29.8 Å². The molecule has 242 valence electrons. The predicted octanol–water partition coefficient (Wildman–Crippen LogP) is 4.65. The summed E-state index contributed by atoms with van der Waals surface area (Å²) < 4.78 is 68.7. The second-order valence-electron chi connectivity index (χ2n) is 10.7. The maximum Gasteiger partial charge on any atom is 0.490 e. The van der Waals surface area contributed by atoms with Gasteiger partial charge in [0.15, 0.2) is 0 Å². The minimum absolute atomic E-state index is 0.0690. The first-order valence-electron chi connectivity index (χ1n) is 13.5. The number of carboxylic acid groups (broad SMARTS) is 1. The molecule has 0 radical (unpaired) electrons. The zero-order valence-corrected chi connectivity index (χ0v) is 24.9. The molecule has 2 aromatic carbocycles. The maximum absolute atomic E-state index is 12.7. The van der Waals surface area contributed by atoms with Crippen LogP contribution in [0.4, 0.5) is 27.6 Å². The Balaban J connectivity index is 0.000000566. The SMILES string of the molecule is CNC(=O)c1cc(Cl)c(OCC(F)F)cc1N1CC(N2CCC3(CC2)Cc2cc(Cl)ccc2O3)[C@H](O)C1.O=C(O)C(F)(F)F. The molecule has 9 nitrogen and oxygen atoms in total. The third-order valence-corrected chi connectivity index (χ3v) is 8.30. The number of fused-ring (bicyclic) bond motifs is 1. The summed E-state index contributed by atoms with van der Waals surface area (Å²) >= 11 is 12.4. The fourth-order valence-corrected chi connectivity index (χ4v) is 6.07. The number of carboxylic acids is 1. The zero-order valence-electron chi connectivity index (χ0n) is 23.3. The number of β-amino-alcohol motifs (C(OH)–C–C–N with tert-alkyl or cyclic N) is 1. The highest BCUT2D eigenvalue weighted by atomic mass is 35.5. The van der Waals surface area contributed by atoms with Gasteiger partial charge in [-0.25, -0.2) is 13.6 Å². The number of hydrogen-bond acceptors (Lipinski definition) is 7. The summed E-state index contributed by atoms with van der Waals surface area (Å²) in [5, 5.41) is 21.5. The lowest BCUT2D eigenvalue weighted by atomic mass is 9.86. The lowest BCUT2D eigenvalue weighted by Crippen LogP contribution is -2.53. The van der Waals surface area contributed by atoms with E-state index in [-0.39, 0.29) is 40.4 Å². The monoisotopic (exact) mass is 669 g/mol. The Kier molecular flexibility index (Phi) is 10.4. The van der Waals surface area contributed by atoms with Crippen molar-refractivity contribution >= 4 is 40.8 Å². The summed E-state index contributed by atoms with van der Waals surface area (Å²) in [5.74, 6) is -2.17. The van der Waals surface area contributed by atoms with Crippen molar-refractivity contribution in [3.8, 4) is 11.5 Å². The van der Waals surface area contributed by atoms with Crippen LogP contribution in [0.25, 0.3) is 0 Å². The predicted molar refractivity (Wildman–Crippen MR) is 151 cm³/mol. The number of carbonyl (C=O) groups excluding carboxylic acids is 1. The van der Waals surface area contributed by atoms with Gasteiger partial charge in [-0.15, -0.1) is 0 Å². The third-order valence-electron chi connectivity index (χ3n) is 7.77. The van der Waals surface area contributed by atoms with Crippen LogP contribution in [0, 0.1) is 0 Å². The van der Waals surface area contributed by atoms with Gasteiger partial charge in [0.1, 0.15) is 23.7 Å². The Morgan fingerprint density at radius 2 is 1.82 bits per heavy atom. The molecule has 0 aliphatic carbocycles. The average Bonchev–Trinajstić information content (AvgIpc) is 3.51. The van der Waals surface area contributed by atoms with Crippen molar-refractivity contribution in [2.24, 2.45) is 0 Å². The number of nitrogens with one attached hydrogen (secondary N) is 1. The van der Waals surface area contributed by atoms with E-state index in [1.807, 2.05) is 23.1 Å². The number of likely N-dealkylation sites (tertiary alicyclic amines) is 1.